The number of rotatable bonds is 5. The number of nitrogens with zero attached hydrogens (tertiary/aromatic N) is 1. The molecule has 1 aliphatic heterocycles. The Morgan fingerprint density at radius 1 is 1.40 bits per heavy atom. The summed E-state index contributed by atoms with van der Waals surface area (Å²) < 4.78 is 0. The van der Waals surface area contributed by atoms with Gasteiger partial charge in [0.25, 0.3) is 0 Å². The highest BCUT2D eigenvalue weighted by atomic mass is 16.1. The van der Waals surface area contributed by atoms with E-state index in [9.17, 15) is 4.79 Å². The first-order valence-corrected chi connectivity index (χ1v) is 7.54. The van der Waals surface area contributed by atoms with Gasteiger partial charge in [-0.25, -0.2) is 0 Å². The van der Waals surface area contributed by atoms with Crippen molar-refractivity contribution in [2.24, 2.45) is 5.73 Å². The molecule has 108 valence electrons. The number of benzene rings is 1. The molecule has 0 spiro atoms. The number of hydrogen-bond donors (Lipinski definition) is 2. The second kappa shape index (κ2) is 5.44. The zero-order chi connectivity index (χ0) is 14.1. The summed E-state index contributed by atoms with van der Waals surface area (Å²) >= 11 is 0. The average molecular weight is 273 g/mol. The van der Waals surface area contributed by atoms with Crippen LogP contribution in [0.15, 0.2) is 18.2 Å². The number of nitrogens with two attached hydrogens (primary N) is 1. The third-order valence-corrected chi connectivity index (χ3v) is 4.28. The minimum absolute atomic E-state index is 0.141. The topological polar surface area (TPSA) is 58.4 Å². The molecule has 1 atom stereocenters. The monoisotopic (exact) mass is 273 g/mol. The van der Waals surface area contributed by atoms with Crippen LogP contribution < -0.4 is 16.0 Å². The number of anilines is 1. The largest absolute Gasteiger partial charge is 0.368 e. The maximum Gasteiger partial charge on any atom is 0.240 e. The Morgan fingerprint density at radius 2 is 2.20 bits per heavy atom. The van der Waals surface area contributed by atoms with Crippen LogP contribution in [0, 0.1) is 6.92 Å². The molecule has 20 heavy (non-hydrogen) atoms. The maximum absolute atomic E-state index is 11.6. The molecule has 3 rings (SSSR count). The van der Waals surface area contributed by atoms with E-state index in [1.807, 2.05) is 0 Å². The van der Waals surface area contributed by atoms with Crippen molar-refractivity contribution in [3.05, 3.63) is 29.3 Å². The Morgan fingerprint density at radius 3 is 2.90 bits per heavy atom. The van der Waals surface area contributed by atoms with E-state index in [0.29, 0.717) is 6.04 Å². The highest BCUT2D eigenvalue weighted by molar-refractivity contribution is 5.84. The molecule has 4 nitrogen and oxygen atoms in total. The smallest absolute Gasteiger partial charge is 0.240 e. The van der Waals surface area contributed by atoms with Gasteiger partial charge in [-0.3, -0.25) is 4.79 Å². The highest BCUT2D eigenvalue weighted by Gasteiger charge is 2.30. The number of amides is 1. The van der Waals surface area contributed by atoms with Crippen LogP contribution in [-0.4, -0.2) is 24.5 Å². The number of carbonyl (C=O) groups is 1. The van der Waals surface area contributed by atoms with Crippen LogP contribution in [0.1, 0.15) is 36.8 Å². The summed E-state index contributed by atoms with van der Waals surface area (Å²) in [5.74, 6) is -0.204. The van der Waals surface area contributed by atoms with Crippen molar-refractivity contribution in [1.29, 1.82) is 0 Å². The van der Waals surface area contributed by atoms with Crippen LogP contribution in [-0.2, 0) is 11.3 Å². The van der Waals surface area contributed by atoms with E-state index in [2.05, 4.69) is 35.3 Å². The van der Waals surface area contributed by atoms with Crippen molar-refractivity contribution in [3.8, 4) is 0 Å². The zero-order valence-corrected chi connectivity index (χ0v) is 12.1. The van der Waals surface area contributed by atoms with Crippen LogP contribution in [0.2, 0.25) is 0 Å². The normalized spacial score (nSPS) is 22.2. The Balaban J connectivity index is 1.84. The molecule has 1 saturated heterocycles. The van der Waals surface area contributed by atoms with Gasteiger partial charge in [0.1, 0.15) is 6.04 Å². The van der Waals surface area contributed by atoms with Crippen LogP contribution >= 0.6 is 0 Å². The molecule has 0 bridgehead atoms. The lowest BCUT2D eigenvalue weighted by Crippen LogP contribution is -2.41. The summed E-state index contributed by atoms with van der Waals surface area (Å²) in [7, 11) is 0. The molecule has 1 aromatic carbocycles. The second-order valence-electron chi connectivity index (χ2n) is 6.04. The predicted octanol–water partition coefficient (Wildman–Crippen LogP) is 1.70. The Bertz CT molecular complexity index is 510. The number of primary amides is 1. The average Bonchev–Trinajstić information content (AvgIpc) is 3.11. The third kappa shape index (κ3) is 2.80. The van der Waals surface area contributed by atoms with Crippen molar-refractivity contribution in [2.75, 3.05) is 11.4 Å². The van der Waals surface area contributed by atoms with E-state index in [0.717, 1.165) is 25.9 Å². The van der Waals surface area contributed by atoms with E-state index in [4.69, 9.17) is 5.73 Å². The minimum atomic E-state index is -0.204. The molecule has 2 fully saturated rings. The van der Waals surface area contributed by atoms with Gasteiger partial charge >= 0.3 is 0 Å². The molecule has 1 aliphatic carbocycles. The fourth-order valence-corrected chi connectivity index (χ4v) is 3.03. The van der Waals surface area contributed by atoms with E-state index in [1.165, 1.54) is 29.7 Å². The lowest BCUT2D eigenvalue weighted by Gasteiger charge is -2.27. The van der Waals surface area contributed by atoms with Crippen molar-refractivity contribution in [2.45, 2.75) is 51.2 Å². The molecule has 1 amide bonds. The van der Waals surface area contributed by atoms with Crippen molar-refractivity contribution < 1.29 is 4.79 Å². The number of aryl methyl sites for hydroxylation is 1. The Kier molecular flexibility index (Phi) is 3.66. The quantitative estimate of drug-likeness (QED) is 0.858. The van der Waals surface area contributed by atoms with Gasteiger partial charge in [0.05, 0.1) is 0 Å². The molecule has 1 unspecified atom stereocenters. The SMILES string of the molecule is Cc1ccc(N2CCCC2C(N)=O)c(CNC2CC2)c1. The summed E-state index contributed by atoms with van der Waals surface area (Å²) in [4.78, 5) is 13.8. The summed E-state index contributed by atoms with van der Waals surface area (Å²) in [6.45, 7) is 3.91. The van der Waals surface area contributed by atoms with E-state index >= 15 is 0 Å². The van der Waals surface area contributed by atoms with Gasteiger partial charge in [-0.1, -0.05) is 17.7 Å². The molecule has 0 radical (unpaired) electrons. The minimum Gasteiger partial charge on any atom is -0.368 e. The summed E-state index contributed by atoms with van der Waals surface area (Å²) in [6.07, 6.45) is 4.49. The van der Waals surface area contributed by atoms with E-state index in [1.54, 1.807) is 0 Å². The number of carbonyl (C=O) groups excluding carboxylic acids is 1. The highest BCUT2D eigenvalue weighted by Crippen LogP contribution is 2.30. The van der Waals surface area contributed by atoms with Crippen LogP contribution in [0.25, 0.3) is 0 Å². The first kappa shape index (κ1) is 13.4. The van der Waals surface area contributed by atoms with Gasteiger partial charge in [0, 0.05) is 24.8 Å². The number of hydrogen-bond acceptors (Lipinski definition) is 3. The van der Waals surface area contributed by atoms with Gasteiger partial charge in [-0.15, -0.1) is 0 Å². The standard InChI is InChI=1S/C16H23N3O/c1-11-4-7-14(12(9-11)10-18-13-5-6-13)19-8-2-3-15(19)16(17)20/h4,7,9,13,15,18H,2-3,5-6,8,10H2,1H3,(H2,17,20). The van der Waals surface area contributed by atoms with Gasteiger partial charge in [0.15, 0.2) is 0 Å². The summed E-state index contributed by atoms with van der Waals surface area (Å²) in [5.41, 5.74) is 9.26. The first-order valence-electron chi connectivity index (χ1n) is 7.54. The summed E-state index contributed by atoms with van der Waals surface area (Å²) in [6, 6.07) is 7.03. The third-order valence-electron chi connectivity index (χ3n) is 4.28. The molecule has 1 heterocycles. The van der Waals surface area contributed by atoms with Crippen molar-refractivity contribution in [1.82, 2.24) is 5.32 Å². The van der Waals surface area contributed by atoms with Crippen molar-refractivity contribution in [3.63, 3.8) is 0 Å². The van der Waals surface area contributed by atoms with Crippen LogP contribution in [0.5, 0.6) is 0 Å². The fraction of sp³-hybridized carbons (Fsp3) is 0.562. The molecule has 3 N–H and O–H groups in total. The predicted molar refractivity (Wildman–Crippen MR) is 80.6 cm³/mol. The Labute approximate surface area is 120 Å². The first-order chi connectivity index (χ1) is 9.65. The Hall–Kier alpha value is -1.55. The molecule has 4 heteroatoms. The number of nitrogens with one attached hydrogen (secondary N) is 1. The van der Waals surface area contributed by atoms with Gasteiger partial charge < -0.3 is 16.0 Å². The fourth-order valence-electron chi connectivity index (χ4n) is 3.03. The molecular formula is C16H23N3O. The van der Waals surface area contributed by atoms with Crippen molar-refractivity contribution >= 4 is 11.6 Å². The van der Waals surface area contributed by atoms with Crippen LogP contribution in [0.4, 0.5) is 5.69 Å². The zero-order valence-electron chi connectivity index (χ0n) is 12.1. The molecule has 2 aliphatic rings. The molecule has 1 saturated carbocycles. The summed E-state index contributed by atoms with van der Waals surface area (Å²) in [5, 5.41) is 3.57. The molecular weight excluding hydrogens is 250 g/mol. The van der Waals surface area contributed by atoms with Crippen LogP contribution in [0.3, 0.4) is 0 Å². The van der Waals surface area contributed by atoms with Gasteiger partial charge in [-0.2, -0.15) is 0 Å². The lowest BCUT2D eigenvalue weighted by atomic mass is 10.1. The molecule has 1 aromatic rings. The second-order valence-corrected chi connectivity index (χ2v) is 6.04. The van der Waals surface area contributed by atoms with E-state index in [-0.39, 0.29) is 11.9 Å². The van der Waals surface area contributed by atoms with Gasteiger partial charge in [0.2, 0.25) is 5.91 Å². The lowest BCUT2D eigenvalue weighted by molar-refractivity contribution is -0.119. The molecule has 0 aromatic heterocycles. The maximum atomic E-state index is 11.6. The van der Waals surface area contributed by atoms with Gasteiger partial charge in [-0.05, 0) is 44.2 Å². The van der Waals surface area contributed by atoms with E-state index < -0.39 is 0 Å².